The molecule has 2 atom stereocenters. The number of isocyanates is 1. The number of aromatic carboxylic acids is 1. The number of aromatic nitrogens is 2. The van der Waals surface area contributed by atoms with Crippen LogP contribution in [0, 0.1) is 10.8 Å². The number of fused-ring (bicyclic) bond motifs is 1. The Hall–Kier alpha value is -3.19. The third kappa shape index (κ3) is 4.68. The molecule has 2 aromatic rings. The first kappa shape index (κ1) is 21.5. The zero-order valence-corrected chi connectivity index (χ0v) is 17.7. The van der Waals surface area contributed by atoms with Gasteiger partial charge in [0.05, 0.1) is 29.5 Å². The fourth-order valence-electron chi connectivity index (χ4n) is 4.96. The van der Waals surface area contributed by atoms with Crippen LogP contribution >= 0.6 is 0 Å². The number of carbonyl (C=O) groups is 2. The molecule has 2 amide bonds. The van der Waals surface area contributed by atoms with Gasteiger partial charge in [-0.05, 0) is 42.2 Å². The van der Waals surface area contributed by atoms with Crippen molar-refractivity contribution in [1.29, 1.82) is 0 Å². The molecule has 0 saturated heterocycles. The number of carboxylic acids is 1. The minimum Gasteiger partial charge on any atom is -0.478 e. The number of hydrogen-bond donors (Lipinski definition) is 3. The molecule has 3 rings (SSSR count). The van der Waals surface area contributed by atoms with Gasteiger partial charge in [-0.1, -0.05) is 20.8 Å². The van der Waals surface area contributed by atoms with Crippen LogP contribution in [0.3, 0.4) is 0 Å². The van der Waals surface area contributed by atoms with Crippen LogP contribution in [0.4, 0.5) is 10.5 Å². The maximum Gasteiger partial charge on any atom is 0.337 e. The van der Waals surface area contributed by atoms with Crippen LogP contribution in [0.25, 0.3) is 11.0 Å². The average molecular weight is 413 g/mol. The minimum absolute atomic E-state index is 0.0211. The number of nitrogens with zero attached hydrogens (tertiary/aromatic N) is 3. The molecule has 30 heavy (non-hydrogen) atoms. The van der Waals surface area contributed by atoms with Gasteiger partial charge in [0, 0.05) is 18.8 Å². The summed E-state index contributed by atoms with van der Waals surface area (Å²) >= 11 is 0. The highest BCUT2D eigenvalue weighted by molar-refractivity contribution is 6.04. The normalized spacial score (nSPS) is 22.9. The van der Waals surface area contributed by atoms with Crippen molar-refractivity contribution in [3.8, 4) is 0 Å². The molecule has 2 unspecified atom stereocenters. The van der Waals surface area contributed by atoms with Crippen LogP contribution in [0.1, 0.15) is 50.4 Å². The van der Waals surface area contributed by atoms with E-state index in [1.165, 1.54) is 12.4 Å². The lowest BCUT2D eigenvalue weighted by molar-refractivity contribution is 0.0698. The van der Waals surface area contributed by atoms with Gasteiger partial charge < -0.3 is 20.3 Å². The van der Waals surface area contributed by atoms with Gasteiger partial charge in [0.2, 0.25) is 6.08 Å². The second-order valence-electron chi connectivity index (χ2n) is 9.31. The summed E-state index contributed by atoms with van der Waals surface area (Å²) < 4.78 is 1.63. The lowest BCUT2D eigenvalue weighted by Crippen LogP contribution is -2.48. The van der Waals surface area contributed by atoms with E-state index in [2.05, 4.69) is 41.4 Å². The lowest BCUT2D eigenvalue weighted by atomic mass is 9.62. The molecule has 1 saturated carbocycles. The number of urea groups is 1. The first-order chi connectivity index (χ1) is 14.0. The molecule has 9 heteroatoms. The molecule has 0 bridgehead atoms. The molecule has 9 nitrogen and oxygen atoms in total. The second kappa shape index (κ2) is 7.91. The number of aryl methyl sites for hydroxylation is 1. The number of nitrogens with one attached hydrogen (secondary N) is 2. The van der Waals surface area contributed by atoms with E-state index in [1.54, 1.807) is 23.8 Å². The van der Waals surface area contributed by atoms with Crippen LogP contribution in [-0.4, -0.2) is 45.3 Å². The highest BCUT2D eigenvalue weighted by Crippen LogP contribution is 2.46. The largest absolute Gasteiger partial charge is 0.478 e. The Balaban J connectivity index is 1.76. The molecule has 0 radical (unpaired) electrons. The predicted octanol–water partition coefficient (Wildman–Crippen LogP) is 3.31. The Morgan fingerprint density at radius 2 is 2.07 bits per heavy atom. The fourth-order valence-corrected chi connectivity index (χ4v) is 4.96. The summed E-state index contributed by atoms with van der Waals surface area (Å²) in [6.07, 6.45) is 5.52. The van der Waals surface area contributed by atoms with E-state index in [4.69, 9.17) is 0 Å². The monoisotopic (exact) mass is 413 g/mol. The van der Waals surface area contributed by atoms with Gasteiger partial charge in [0.25, 0.3) is 0 Å². The molecule has 160 valence electrons. The fraction of sp³-hybridized carbons (Fsp3) is 0.524. The molecule has 3 N–H and O–H groups in total. The Morgan fingerprint density at radius 3 is 2.73 bits per heavy atom. The number of rotatable bonds is 5. The maximum absolute atomic E-state index is 12.7. The molecule has 1 fully saturated rings. The van der Waals surface area contributed by atoms with Crippen molar-refractivity contribution in [2.24, 2.45) is 22.9 Å². The summed E-state index contributed by atoms with van der Waals surface area (Å²) in [6.45, 7) is 6.71. The number of benzene rings is 1. The summed E-state index contributed by atoms with van der Waals surface area (Å²) in [4.78, 5) is 42.8. The molecule has 0 aliphatic heterocycles. The average Bonchev–Trinajstić information content (AvgIpc) is 2.98. The maximum atomic E-state index is 12.7. The topological polar surface area (TPSA) is 126 Å². The number of hydrogen-bond acceptors (Lipinski definition) is 5. The third-order valence-electron chi connectivity index (χ3n) is 5.60. The SMILES string of the molecule is Cn1cnc2cc(NC(=O)NC3CC(C)(C)CC(C)(CN=C=O)C3)cc(C(=O)O)c21. The quantitative estimate of drug-likeness (QED) is 0.512. The number of imidazole rings is 1. The van der Waals surface area contributed by atoms with Crippen molar-refractivity contribution >= 4 is 34.8 Å². The van der Waals surface area contributed by atoms with Crippen molar-refractivity contribution in [2.75, 3.05) is 11.9 Å². The Labute approximate surface area is 174 Å². The zero-order chi connectivity index (χ0) is 22.1. The third-order valence-corrected chi connectivity index (χ3v) is 5.60. The molecule has 1 aliphatic rings. The second-order valence-corrected chi connectivity index (χ2v) is 9.31. The number of aliphatic imine (C=N–C) groups is 1. The summed E-state index contributed by atoms with van der Waals surface area (Å²) in [7, 11) is 1.72. The van der Waals surface area contributed by atoms with Gasteiger partial charge in [-0.25, -0.2) is 24.4 Å². The van der Waals surface area contributed by atoms with E-state index in [0.29, 0.717) is 29.7 Å². The van der Waals surface area contributed by atoms with Crippen molar-refractivity contribution in [2.45, 2.75) is 46.1 Å². The summed E-state index contributed by atoms with van der Waals surface area (Å²) in [5.74, 6) is -1.09. The highest BCUT2D eigenvalue weighted by Gasteiger charge is 2.41. The summed E-state index contributed by atoms with van der Waals surface area (Å²) in [5.41, 5.74) is 1.19. The van der Waals surface area contributed by atoms with Gasteiger partial charge in [0.15, 0.2) is 0 Å². The zero-order valence-electron chi connectivity index (χ0n) is 17.7. The Kier molecular flexibility index (Phi) is 5.67. The van der Waals surface area contributed by atoms with Crippen molar-refractivity contribution < 1.29 is 19.5 Å². The number of amides is 2. The predicted molar refractivity (Wildman–Crippen MR) is 112 cm³/mol. The van der Waals surface area contributed by atoms with Crippen LogP contribution in [0.15, 0.2) is 23.5 Å². The van der Waals surface area contributed by atoms with Gasteiger partial charge in [0.1, 0.15) is 0 Å². The van der Waals surface area contributed by atoms with Crippen molar-refractivity contribution in [3.63, 3.8) is 0 Å². The number of carbonyl (C=O) groups excluding carboxylic acids is 2. The van der Waals surface area contributed by atoms with Crippen LogP contribution in [0.2, 0.25) is 0 Å². The molecule has 1 aromatic carbocycles. The number of anilines is 1. The first-order valence-electron chi connectivity index (χ1n) is 9.81. The van der Waals surface area contributed by atoms with Gasteiger partial charge in [-0.2, -0.15) is 0 Å². The van der Waals surface area contributed by atoms with Gasteiger partial charge in [-0.15, -0.1) is 0 Å². The number of carboxylic acid groups (broad SMARTS) is 1. The Morgan fingerprint density at radius 1 is 1.33 bits per heavy atom. The summed E-state index contributed by atoms with van der Waals surface area (Å²) in [5, 5.41) is 15.3. The summed E-state index contributed by atoms with van der Waals surface area (Å²) in [6, 6.07) is 2.57. The first-order valence-corrected chi connectivity index (χ1v) is 9.81. The molecule has 1 heterocycles. The molecule has 1 aliphatic carbocycles. The highest BCUT2D eigenvalue weighted by atomic mass is 16.4. The van der Waals surface area contributed by atoms with E-state index in [1.807, 2.05) is 0 Å². The van der Waals surface area contributed by atoms with Crippen molar-refractivity contribution in [3.05, 3.63) is 24.0 Å². The van der Waals surface area contributed by atoms with E-state index in [0.717, 1.165) is 12.8 Å². The van der Waals surface area contributed by atoms with Gasteiger partial charge in [-0.3, -0.25) is 0 Å². The molecule has 0 spiro atoms. The van der Waals surface area contributed by atoms with E-state index >= 15 is 0 Å². The van der Waals surface area contributed by atoms with Crippen LogP contribution in [0.5, 0.6) is 0 Å². The van der Waals surface area contributed by atoms with Crippen LogP contribution < -0.4 is 10.6 Å². The minimum atomic E-state index is -1.09. The smallest absolute Gasteiger partial charge is 0.337 e. The Bertz CT molecular complexity index is 1040. The van der Waals surface area contributed by atoms with E-state index in [9.17, 15) is 19.5 Å². The molecular formula is C21H27N5O4. The van der Waals surface area contributed by atoms with Crippen LogP contribution in [-0.2, 0) is 11.8 Å². The molecular weight excluding hydrogens is 386 g/mol. The lowest BCUT2D eigenvalue weighted by Gasteiger charge is -2.46. The van der Waals surface area contributed by atoms with E-state index < -0.39 is 12.0 Å². The molecule has 1 aromatic heterocycles. The standard InChI is InChI=1S/C21H27N5O4/c1-20(2)7-14(8-21(3,9-20)10-22-12-27)25-19(30)24-13-5-15(18(28)29)17-16(6-13)23-11-26(17)4/h5-6,11,14H,7-10H2,1-4H3,(H,28,29)(H2,24,25,30). The van der Waals surface area contributed by atoms with Gasteiger partial charge >= 0.3 is 12.0 Å². The van der Waals surface area contributed by atoms with E-state index in [-0.39, 0.29) is 22.4 Å². The van der Waals surface area contributed by atoms with Crippen molar-refractivity contribution in [1.82, 2.24) is 14.9 Å².